The summed E-state index contributed by atoms with van der Waals surface area (Å²) in [7, 11) is 4.14. The van der Waals surface area contributed by atoms with Gasteiger partial charge >= 0.3 is 0 Å². The topological polar surface area (TPSA) is 70.2 Å². The Morgan fingerprint density at radius 2 is 1.91 bits per heavy atom. The molecule has 180 valence electrons. The Morgan fingerprint density at radius 1 is 1.12 bits per heavy atom. The summed E-state index contributed by atoms with van der Waals surface area (Å²) in [6.45, 7) is 2.86. The maximum atomic E-state index is 12.8. The monoisotopic (exact) mass is 477 g/mol. The first kappa shape index (κ1) is 24.3. The van der Waals surface area contributed by atoms with Crippen LogP contribution in [0, 0.1) is 5.92 Å². The van der Waals surface area contributed by atoms with Crippen LogP contribution in [-0.2, 0) is 0 Å². The zero-order valence-electron chi connectivity index (χ0n) is 20.4. The second-order valence-corrected chi connectivity index (χ2v) is 10.3. The van der Waals surface area contributed by atoms with Gasteiger partial charge in [0.15, 0.2) is 0 Å². The number of pyridine rings is 2. The molecule has 0 saturated heterocycles. The van der Waals surface area contributed by atoms with Gasteiger partial charge in [-0.05, 0) is 62.0 Å². The van der Waals surface area contributed by atoms with Gasteiger partial charge in [0.1, 0.15) is 10.8 Å². The molecule has 0 aliphatic heterocycles. The summed E-state index contributed by atoms with van der Waals surface area (Å²) in [5.41, 5.74) is 2.88. The van der Waals surface area contributed by atoms with E-state index in [4.69, 9.17) is 4.98 Å². The normalized spacial score (nSPS) is 18.0. The van der Waals surface area contributed by atoms with Crippen LogP contribution in [0.3, 0.4) is 0 Å². The van der Waals surface area contributed by atoms with Crippen molar-refractivity contribution in [2.75, 3.05) is 36.6 Å². The molecule has 1 aliphatic carbocycles. The molecule has 0 unspecified atom stereocenters. The largest absolute Gasteiger partial charge is 0.377 e. The molecule has 1 aliphatic rings. The number of benzene rings is 1. The van der Waals surface area contributed by atoms with E-state index < -0.39 is 0 Å². The molecule has 4 rings (SSSR count). The van der Waals surface area contributed by atoms with Crippen molar-refractivity contribution in [3.05, 3.63) is 54.2 Å². The summed E-state index contributed by atoms with van der Waals surface area (Å²) >= 11 is 1.65. The van der Waals surface area contributed by atoms with Crippen LogP contribution in [0.5, 0.6) is 0 Å². The molecule has 0 spiro atoms. The average Bonchev–Trinajstić information content (AvgIpc) is 2.86. The van der Waals surface area contributed by atoms with Crippen LogP contribution in [-0.4, -0.2) is 48.3 Å². The molecule has 3 aromatic rings. The number of nitrogens with zero attached hydrogens (tertiary/aromatic N) is 3. The molecule has 2 N–H and O–H groups in total. The summed E-state index contributed by atoms with van der Waals surface area (Å²) in [6, 6.07) is 14.6. The number of fused-ring (bicyclic) bond motifs is 1. The van der Waals surface area contributed by atoms with Crippen LogP contribution in [0.15, 0.2) is 53.7 Å². The molecule has 1 aromatic carbocycles. The Kier molecular flexibility index (Phi) is 8.27. The lowest BCUT2D eigenvalue weighted by molar-refractivity contribution is 0.0939. The predicted octanol–water partition coefficient (Wildman–Crippen LogP) is 5.60. The number of thioether (sulfide) groups is 1. The van der Waals surface area contributed by atoms with Gasteiger partial charge in [-0.25, -0.2) is 9.97 Å². The van der Waals surface area contributed by atoms with Gasteiger partial charge in [-0.15, -0.1) is 11.8 Å². The zero-order valence-corrected chi connectivity index (χ0v) is 21.2. The summed E-state index contributed by atoms with van der Waals surface area (Å²) in [6.07, 6.45) is 7.17. The quantitative estimate of drug-likeness (QED) is 0.391. The standard InChI is InChI=1S/C27H35N5OS/c1-4-16-34-27-22(9-7-15-28-27)26(33)29-18-19-11-13-20(14-12-19)30-25-17-24(32(2)3)21-8-5-6-10-23(21)31-25/h5-10,15,17,19-20H,4,11-14,16,18H2,1-3H3,(H,29,33)(H,30,31)/t19-,20+. The van der Waals surface area contributed by atoms with Crippen molar-refractivity contribution in [3.8, 4) is 0 Å². The number of amides is 1. The molecule has 2 heterocycles. The smallest absolute Gasteiger partial charge is 0.254 e. The lowest BCUT2D eigenvalue weighted by Gasteiger charge is -2.30. The van der Waals surface area contributed by atoms with Gasteiger partial charge in [-0.1, -0.05) is 25.1 Å². The van der Waals surface area contributed by atoms with Gasteiger partial charge in [-0.2, -0.15) is 0 Å². The Morgan fingerprint density at radius 3 is 2.68 bits per heavy atom. The maximum Gasteiger partial charge on any atom is 0.254 e. The number of anilines is 2. The highest BCUT2D eigenvalue weighted by atomic mass is 32.2. The fourth-order valence-corrected chi connectivity index (χ4v) is 5.38. The van der Waals surface area contributed by atoms with Crippen molar-refractivity contribution in [1.29, 1.82) is 0 Å². The minimum Gasteiger partial charge on any atom is -0.377 e. The van der Waals surface area contributed by atoms with E-state index in [1.54, 1.807) is 18.0 Å². The lowest BCUT2D eigenvalue weighted by Crippen LogP contribution is -2.34. The van der Waals surface area contributed by atoms with Crippen molar-refractivity contribution >= 4 is 40.1 Å². The molecule has 1 fully saturated rings. The Labute approximate surface area is 206 Å². The second-order valence-electron chi connectivity index (χ2n) is 9.21. The van der Waals surface area contributed by atoms with Gasteiger partial charge in [0.05, 0.1) is 11.1 Å². The fourth-order valence-electron chi connectivity index (χ4n) is 4.53. The van der Waals surface area contributed by atoms with Crippen LogP contribution in [0.4, 0.5) is 11.5 Å². The van der Waals surface area contributed by atoms with Crippen molar-refractivity contribution in [2.45, 2.75) is 50.1 Å². The average molecular weight is 478 g/mol. The summed E-state index contributed by atoms with van der Waals surface area (Å²) < 4.78 is 0. The van der Waals surface area contributed by atoms with Crippen LogP contribution >= 0.6 is 11.8 Å². The highest BCUT2D eigenvalue weighted by Crippen LogP contribution is 2.30. The Hall–Kier alpha value is -2.80. The maximum absolute atomic E-state index is 12.8. The van der Waals surface area contributed by atoms with E-state index in [9.17, 15) is 4.79 Å². The van der Waals surface area contributed by atoms with Gasteiger partial charge in [0.25, 0.3) is 5.91 Å². The van der Waals surface area contributed by atoms with Crippen LogP contribution in [0.2, 0.25) is 0 Å². The summed E-state index contributed by atoms with van der Waals surface area (Å²) in [5.74, 6) is 2.40. The molecule has 2 aromatic heterocycles. The highest BCUT2D eigenvalue weighted by Gasteiger charge is 2.23. The summed E-state index contributed by atoms with van der Waals surface area (Å²) in [5, 5.41) is 8.83. The minimum atomic E-state index is -0.0106. The molecule has 34 heavy (non-hydrogen) atoms. The van der Waals surface area contributed by atoms with E-state index in [0.29, 0.717) is 17.5 Å². The first-order chi connectivity index (χ1) is 16.5. The number of hydrogen-bond acceptors (Lipinski definition) is 6. The Bertz CT molecular complexity index is 1110. The molecular weight excluding hydrogens is 442 g/mol. The molecule has 1 saturated carbocycles. The third-order valence-corrected chi connectivity index (χ3v) is 7.60. The first-order valence-corrected chi connectivity index (χ1v) is 13.2. The SMILES string of the molecule is CCCSc1ncccc1C(=O)NC[C@H]1CC[C@@H](Nc2cc(N(C)C)c3ccccc3n2)CC1. The van der Waals surface area contributed by atoms with Crippen LogP contribution < -0.4 is 15.5 Å². The van der Waals surface area contributed by atoms with Gasteiger partial charge < -0.3 is 15.5 Å². The van der Waals surface area contributed by atoms with E-state index in [1.807, 2.05) is 18.2 Å². The third-order valence-electron chi connectivity index (χ3n) is 6.38. The molecule has 0 bridgehead atoms. The van der Waals surface area contributed by atoms with Gasteiger partial charge in [0.2, 0.25) is 0 Å². The number of para-hydroxylation sites is 1. The zero-order chi connectivity index (χ0) is 23.9. The van der Waals surface area contributed by atoms with Crippen molar-refractivity contribution in [2.24, 2.45) is 5.92 Å². The van der Waals surface area contributed by atoms with E-state index in [-0.39, 0.29) is 5.91 Å². The van der Waals surface area contributed by atoms with Crippen molar-refractivity contribution in [1.82, 2.24) is 15.3 Å². The number of carbonyl (C=O) groups is 1. The molecule has 0 atom stereocenters. The highest BCUT2D eigenvalue weighted by molar-refractivity contribution is 7.99. The number of nitrogens with one attached hydrogen (secondary N) is 2. The number of aromatic nitrogens is 2. The predicted molar refractivity (Wildman–Crippen MR) is 143 cm³/mol. The van der Waals surface area contributed by atoms with E-state index in [2.05, 4.69) is 65.8 Å². The molecule has 7 heteroatoms. The van der Waals surface area contributed by atoms with Crippen LogP contribution in [0.1, 0.15) is 49.4 Å². The molecule has 1 amide bonds. The fraction of sp³-hybridized carbons (Fsp3) is 0.444. The minimum absolute atomic E-state index is 0.0106. The van der Waals surface area contributed by atoms with Crippen molar-refractivity contribution in [3.63, 3.8) is 0 Å². The van der Waals surface area contributed by atoms with E-state index >= 15 is 0 Å². The van der Waals surface area contributed by atoms with E-state index in [0.717, 1.165) is 60.8 Å². The van der Waals surface area contributed by atoms with Crippen LogP contribution in [0.25, 0.3) is 10.9 Å². The summed E-state index contributed by atoms with van der Waals surface area (Å²) in [4.78, 5) is 24.2. The molecule has 6 nitrogen and oxygen atoms in total. The van der Waals surface area contributed by atoms with Gasteiger partial charge in [-0.3, -0.25) is 4.79 Å². The lowest BCUT2D eigenvalue weighted by atomic mass is 9.86. The van der Waals surface area contributed by atoms with Gasteiger partial charge in [0, 0.05) is 50.0 Å². The Balaban J connectivity index is 1.30. The number of hydrogen-bond donors (Lipinski definition) is 2. The van der Waals surface area contributed by atoms with Crippen molar-refractivity contribution < 1.29 is 4.79 Å². The number of carbonyl (C=O) groups excluding carboxylic acids is 1. The number of rotatable bonds is 9. The second kappa shape index (κ2) is 11.6. The van der Waals surface area contributed by atoms with E-state index in [1.165, 1.54) is 11.1 Å². The first-order valence-electron chi connectivity index (χ1n) is 12.2. The molecular formula is C27H35N5OS. The molecule has 0 radical (unpaired) electrons. The third kappa shape index (κ3) is 6.00.